The summed E-state index contributed by atoms with van der Waals surface area (Å²) < 4.78 is 23.8. The fourth-order valence-electron chi connectivity index (χ4n) is 1.88. The second kappa shape index (κ2) is 6.39. The van der Waals surface area contributed by atoms with Gasteiger partial charge in [0.05, 0.1) is 7.11 Å². The number of halogens is 1. The maximum Gasteiger partial charge on any atom is 0.128 e. The van der Waals surface area contributed by atoms with Crippen molar-refractivity contribution in [3.8, 4) is 11.5 Å². The molecule has 0 aliphatic rings. The Balaban J connectivity index is 2.16. The second-order valence-corrected chi connectivity index (χ2v) is 4.61. The van der Waals surface area contributed by atoms with Gasteiger partial charge in [0.25, 0.3) is 0 Å². The Labute approximate surface area is 118 Å². The lowest BCUT2D eigenvalue weighted by atomic mass is 10.1. The van der Waals surface area contributed by atoms with Gasteiger partial charge in [-0.05, 0) is 30.7 Å². The topological polar surface area (TPSA) is 44.5 Å². The molecule has 0 radical (unpaired) electrons. The predicted molar refractivity (Wildman–Crippen MR) is 76.3 cm³/mol. The number of hydrogen-bond donors (Lipinski definition) is 1. The van der Waals surface area contributed by atoms with Crippen LogP contribution in [0.4, 0.5) is 4.39 Å². The maximum absolute atomic E-state index is 12.8. The number of rotatable bonds is 5. The highest BCUT2D eigenvalue weighted by molar-refractivity contribution is 5.42. The summed E-state index contributed by atoms with van der Waals surface area (Å²) in [4.78, 5) is 0. The lowest BCUT2D eigenvalue weighted by Gasteiger charge is -2.15. The number of methoxy groups -OCH3 is 1. The van der Waals surface area contributed by atoms with Crippen LogP contribution in [-0.2, 0) is 6.61 Å². The van der Waals surface area contributed by atoms with Gasteiger partial charge in [0.1, 0.15) is 23.9 Å². The van der Waals surface area contributed by atoms with Crippen molar-refractivity contribution < 1.29 is 13.9 Å². The summed E-state index contributed by atoms with van der Waals surface area (Å²) in [5.41, 5.74) is 7.73. The van der Waals surface area contributed by atoms with Gasteiger partial charge >= 0.3 is 0 Å². The van der Waals surface area contributed by atoms with E-state index in [0.29, 0.717) is 18.1 Å². The fraction of sp³-hybridized carbons (Fsp3) is 0.250. The highest BCUT2D eigenvalue weighted by Gasteiger charge is 2.10. The molecule has 106 valence electrons. The SMILES string of the molecule is COc1ccc([C@@H](C)N)c(OCc2ccc(F)cc2)c1. The largest absolute Gasteiger partial charge is 0.497 e. The first-order chi connectivity index (χ1) is 9.60. The molecule has 2 rings (SSSR count). The third-order valence-corrected chi connectivity index (χ3v) is 3.02. The van der Waals surface area contributed by atoms with Crippen molar-refractivity contribution in [2.45, 2.75) is 19.6 Å². The molecule has 0 aliphatic heterocycles. The molecule has 0 fully saturated rings. The van der Waals surface area contributed by atoms with Crippen LogP contribution in [0.25, 0.3) is 0 Å². The molecular formula is C16H18FNO2. The third kappa shape index (κ3) is 3.48. The average Bonchev–Trinajstić information content (AvgIpc) is 2.46. The van der Waals surface area contributed by atoms with Crippen LogP contribution in [0.2, 0.25) is 0 Å². The smallest absolute Gasteiger partial charge is 0.128 e. The van der Waals surface area contributed by atoms with E-state index in [4.69, 9.17) is 15.2 Å². The molecule has 0 aliphatic carbocycles. The summed E-state index contributed by atoms with van der Waals surface area (Å²) in [6.45, 7) is 2.25. The van der Waals surface area contributed by atoms with E-state index in [1.54, 1.807) is 19.2 Å². The van der Waals surface area contributed by atoms with E-state index < -0.39 is 0 Å². The third-order valence-electron chi connectivity index (χ3n) is 3.02. The van der Waals surface area contributed by atoms with Gasteiger partial charge in [-0.15, -0.1) is 0 Å². The molecule has 4 heteroatoms. The van der Waals surface area contributed by atoms with E-state index in [1.165, 1.54) is 12.1 Å². The molecule has 0 aromatic heterocycles. The van der Waals surface area contributed by atoms with E-state index in [0.717, 1.165) is 11.1 Å². The Hall–Kier alpha value is -2.07. The molecule has 2 aromatic rings. The van der Waals surface area contributed by atoms with Crippen molar-refractivity contribution in [1.82, 2.24) is 0 Å². The van der Waals surface area contributed by atoms with Gasteiger partial charge in [0.2, 0.25) is 0 Å². The number of hydrogen-bond acceptors (Lipinski definition) is 3. The average molecular weight is 275 g/mol. The molecule has 2 N–H and O–H groups in total. The first-order valence-electron chi connectivity index (χ1n) is 6.41. The summed E-state index contributed by atoms with van der Waals surface area (Å²) in [7, 11) is 1.60. The maximum atomic E-state index is 12.8. The highest BCUT2D eigenvalue weighted by atomic mass is 19.1. The monoisotopic (exact) mass is 275 g/mol. The number of benzene rings is 2. The molecule has 0 spiro atoms. The van der Waals surface area contributed by atoms with Crippen LogP contribution in [0.3, 0.4) is 0 Å². The Morgan fingerprint density at radius 3 is 2.45 bits per heavy atom. The van der Waals surface area contributed by atoms with E-state index in [1.807, 2.05) is 25.1 Å². The second-order valence-electron chi connectivity index (χ2n) is 4.61. The van der Waals surface area contributed by atoms with E-state index in [2.05, 4.69) is 0 Å². The Bertz CT molecular complexity index is 567. The van der Waals surface area contributed by atoms with E-state index in [-0.39, 0.29) is 11.9 Å². The van der Waals surface area contributed by atoms with Crippen LogP contribution >= 0.6 is 0 Å². The summed E-state index contributed by atoms with van der Waals surface area (Å²) in [5.74, 6) is 1.14. The van der Waals surface area contributed by atoms with Gasteiger partial charge in [-0.2, -0.15) is 0 Å². The molecule has 0 bridgehead atoms. The van der Waals surface area contributed by atoms with Gasteiger partial charge in [0, 0.05) is 17.7 Å². The minimum Gasteiger partial charge on any atom is -0.497 e. The van der Waals surface area contributed by atoms with Crippen LogP contribution < -0.4 is 15.2 Å². The summed E-state index contributed by atoms with van der Waals surface area (Å²) in [5, 5.41) is 0. The summed E-state index contributed by atoms with van der Waals surface area (Å²) in [6.07, 6.45) is 0. The predicted octanol–water partition coefficient (Wildman–Crippen LogP) is 3.43. The number of nitrogens with two attached hydrogens (primary N) is 1. The minimum atomic E-state index is -0.258. The van der Waals surface area contributed by atoms with Crippen LogP contribution in [-0.4, -0.2) is 7.11 Å². The van der Waals surface area contributed by atoms with E-state index >= 15 is 0 Å². The normalized spacial score (nSPS) is 12.0. The van der Waals surface area contributed by atoms with Crippen LogP contribution in [0, 0.1) is 5.82 Å². The molecular weight excluding hydrogens is 257 g/mol. The molecule has 0 amide bonds. The fourth-order valence-corrected chi connectivity index (χ4v) is 1.88. The van der Waals surface area contributed by atoms with Crippen LogP contribution in [0.15, 0.2) is 42.5 Å². The molecule has 0 saturated carbocycles. The van der Waals surface area contributed by atoms with Crippen molar-refractivity contribution >= 4 is 0 Å². The highest BCUT2D eigenvalue weighted by Crippen LogP contribution is 2.29. The van der Waals surface area contributed by atoms with Crippen molar-refractivity contribution in [3.05, 3.63) is 59.4 Å². The van der Waals surface area contributed by atoms with Crippen molar-refractivity contribution in [2.75, 3.05) is 7.11 Å². The summed E-state index contributed by atoms with van der Waals surface area (Å²) >= 11 is 0. The molecule has 0 heterocycles. The van der Waals surface area contributed by atoms with Crippen molar-refractivity contribution in [2.24, 2.45) is 5.73 Å². The lowest BCUT2D eigenvalue weighted by molar-refractivity contribution is 0.299. The first-order valence-corrected chi connectivity index (χ1v) is 6.41. The van der Waals surface area contributed by atoms with Gasteiger partial charge in [-0.1, -0.05) is 18.2 Å². The lowest BCUT2D eigenvalue weighted by Crippen LogP contribution is -2.08. The first kappa shape index (κ1) is 14.3. The quantitative estimate of drug-likeness (QED) is 0.909. The zero-order valence-corrected chi connectivity index (χ0v) is 11.6. The Morgan fingerprint density at radius 2 is 1.85 bits per heavy atom. The van der Waals surface area contributed by atoms with Gasteiger partial charge in [-0.25, -0.2) is 4.39 Å². The molecule has 20 heavy (non-hydrogen) atoms. The Kier molecular flexibility index (Phi) is 4.58. The zero-order chi connectivity index (χ0) is 14.5. The molecule has 0 saturated heterocycles. The van der Waals surface area contributed by atoms with Gasteiger partial charge < -0.3 is 15.2 Å². The van der Waals surface area contributed by atoms with Gasteiger partial charge in [-0.3, -0.25) is 0 Å². The standard InChI is InChI=1S/C16H18FNO2/c1-11(18)15-8-7-14(19-2)9-16(15)20-10-12-3-5-13(17)6-4-12/h3-9,11H,10,18H2,1-2H3/t11-/m1/s1. The molecule has 3 nitrogen and oxygen atoms in total. The summed E-state index contributed by atoms with van der Waals surface area (Å²) in [6, 6.07) is 11.6. The molecule has 2 aromatic carbocycles. The zero-order valence-electron chi connectivity index (χ0n) is 11.6. The molecule has 1 atom stereocenters. The Morgan fingerprint density at radius 1 is 1.15 bits per heavy atom. The van der Waals surface area contributed by atoms with Crippen molar-refractivity contribution in [1.29, 1.82) is 0 Å². The van der Waals surface area contributed by atoms with Crippen LogP contribution in [0.1, 0.15) is 24.1 Å². The van der Waals surface area contributed by atoms with Crippen LogP contribution in [0.5, 0.6) is 11.5 Å². The van der Waals surface area contributed by atoms with E-state index in [9.17, 15) is 4.39 Å². The molecule has 0 unspecified atom stereocenters. The number of ether oxygens (including phenoxy) is 2. The van der Waals surface area contributed by atoms with Crippen molar-refractivity contribution in [3.63, 3.8) is 0 Å². The minimum absolute atomic E-state index is 0.135. The van der Waals surface area contributed by atoms with Gasteiger partial charge in [0.15, 0.2) is 0 Å².